The maximum Gasteiger partial charge on any atom is 0.343 e. The summed E-state index contributed by atoms with van der Waals surface area (Å²) in [6.07, 6.45) is 1.88. The Bertz CT molecular complexity index is 637. The van der Waals surface area contributed by atoms with Gasteiger partial charge in [-0.1, -0.05) is 37.6 Å². The maximum atomic E-state index is 12.1. The van der Waals surface area contributed by atoms with Gasteiger partial charge >= 0.3 is 5.97 Å². The predicted molar refractivity (Wildman–Crippen MR) is 89.1 cm³/mol. The number of esters is 1. The van der Waals surface area contributed by atoms with Gasteiger partial charge in [0.25, 0.3) is 0 Å². The molecule has 0 aliphatic heterocycles. The lowest BCUT2D eigenvalue weighted by atomic mass is 9.95. The number of hydrogen-bond donors (Lipinski definition) is 1. The van der Waals surface area contributed by atoms with E-state index in [0.717, 1.165) is 18.4 Å². The molecule has 2 rings (SSSR count). The fraction of sp³-hybridized carbons (Fsp3) is 0.316. The zero-order chi connectivity index (χ0) is 16.7. The quantitative estimate of drug-likeness (QED) is 0.624. The van der Waals surface area contributed by atoms with Crippen LogP contribution in [0.1, 0.15) is 41.6 Å². The first-order valence-corrected chi connectivity index (χ1v) is 7.75. The molecular weight excluding hydrogens is 292 g/mol. The molecule has 0 fully saturated rings. The van der Waals surface area contributed by atoms with Crippen LogP contribution in [0.2, 0.25) is 0 Å². The standard InChI is InChI=1S/C19H22O4/c1-3-7-16(13-20)15-10-11-17(18(12-15)22-2)23-19(21)14-8-5-4-6-9-14/h4-6,8-12,16,20H,3,7,13H2,1-2H3. The number of aliphatic hydroxyl groups is 1. The molecule has 4 heteroatoms. The van der Waals surface area contributed by atoms with Gasteiger partial charge in [0.15, 0.2) is 11.5 Å². The van der Waals surface area contributed by atoms with E-state index in [2.05, 4.69) is 6.92 Å². The van der Waals surface area contributed by atoms with Gasteiger partial charge in [-0.25, -0.2) is 4.79 Å². The highest BCUT2D eigenvalue weighted by molar-refractivity contribution is 5.91. The van der Waals surface area contributed by atoms with Crippen LogP contribution in [0.4, 0.5) is 0 Å². The minimum absolute atomic E-state index is 0.0628. The third-order valence-electron chi connectivity index (χ3n) is 3.73. The normalized spacial score (nSPS) is 11.8. The zero-order valence-corrected chi connectivity index (χ0v) is 13.5. The van der Waals surface area contributed by atoms with E-state index in [9.17, 15) is 9.90 Å². The van der Waals surface area contributed by atoms with Crippen LogP contribution >= 0.6 is 0 Å². The highest BCUT2D eigenvalue weighted by Gasteiger charge is 2.16. The van der Waals surface area contributed by atoms with E-state index in [0.29, 0.717) is 17.1 Å². The Kier molecular flexibility index (Phi) is 6.18. The van der Waals surface area contributed by atoms with Crippen LogP contribution in [0.5, 0.6) is 11.5 Å². The third kappa shape index (κ3) is 4.33. The number of benzene rings is 2. The van der Waals surface area contributed by atoms with Crippen LogP contribution in [-0.4, -0.2) is 24.8 Å². The lowest BCUT2D eigenvalue weighted by Crippen LogP contribution is -2.10. The lowest BCUT2D eigenvalue weighted by Gasteiger charge is -2.16. The second-order valence-electron chi connectivity index (χ2n) is 5.33. The Morgan fingerprint density at radius 1 is 1.13 bits per heavy atom. The highest BCUT2D eigenvalue weighted by atomic mass is 16.6. The topological polar surface area (TPSA) is 55.8 Å². The van der Waals surface area contributed by atoms with E-state index in [1.807, 2.05) is 18.2 Å². The SMILES string of the molecule is CCCC(CO)c1ccc(OC(=O)c2ccccc2)c(OC)c1. The first kappa shape index (κ1) is 17.0. The Morgan fingerprint density at radius 2 is 1.87 bits per heavy atom. The minimum atomic E-state index is -0.427. The number of hydrogen-bond acceptors (Lipinski definition) is 4. The molecule has 23 heavy (non-hydrogen) atoms. The van der Waals surface area contributed by atoms with Crippen molar-refractivity contribution in [1.29, 1.82) is 0 Å². The summed E-state index contributed by atoms with van der Waals surface area (Å²) >= 11 is 0. The molecule has 4 nitrogen and oxygen atoms in total. The van der Waals surface area contributed by atoms with Crippen LogP contribution in [0.15, 0.2) is 48.5 Å². The van der Waals surface area contributed by atoms with Crippen molar-refractivity contribution in [2.45, 2.75) is 25.7 Å². The van der Waals surface area contributed by atoms with Gasteiger partial charge in [-0.15, -0.1) is 0 Å². The number of methoxy groups -OCH3 is 1. The second kappa shape index (κ2) is 8.34. The van der Waals surface area contributed by atoms with E-state index in [1.54, 1.807) is 30.3 Å². The molecule has 2 aromatic rings. The summed E-state index contributed by atoms with van der Waals surface area (Å²) in [4.78, 5) is 12.1. The van der Waals surface area contributed by atoms with Gasteiger partial charge in [-0.05, 0) is 36.2 Å². The fourth-order valence-corrected chi connectivity index (χ4v) is 2.47. The predicted octanol–water partition coefficient (Wildman–Crippen LogP) is 3.79. The van der Waals surface area contributed by atoms with Gasteiger partial charge in [0.2, 0.25) is 0 Å². The van der Waals surface area contributed by atoms with Crippen LogP contribution in [0.3, 0.4) is 0 Å². The van der Waals surface area contributed by atoms with E-state index < -0.39 is 5.97 Å². The van der Waals surface area contributed by atoms with E-state index in [-0.39, 0.29) is 12.5 Å². The first-order valence-electron chi connectivity index (χ1n) is 7.75. The summed E-state index contributed by atoms with van der Waals surface area (Å²) < 4.78 is 10.8. The van der Waals surface area contributed by atoms with Gasteiger partial charge in [0.1, 0.15) is 0 Å². The Morgan fingerprint density at radius 3 is 2.48 bits per heavy atom. The van der Waals surface area contributed by atoms with Gasteiger partial charge in [-0.3, -0.25) is 0 Å². The van der Waals surface area contributed by atoms with Crippen molar-refractivity contribution in [2.75, 3.05) is 13.7 Å². The molecule has 122 valence electrons. The summed E-state index contributed by atoms with van der Waals surface area (Å²) in [6, 6.07) is 14.2. The zero-order valence-electron chi connectivity index (χ0n) is 13.5. The van der Waals surface area contributed by atoms with Gasteiger partial charge in [0.05, 0.1) is 12.7 Å². The summed E-state index contributed by atoms with van der Waals surface area (Å²) in [6.45, 7) is 2.16. The van der Waals surface area contributed by atoms with Crippen LogP contribution in [0, 0.1) is 0 Å². The lowest BCUT2D eigenvalue weighted by molar-refractivity contribution is 0.0729. The number of ether oxygens (including phenoxy) is 2. The van der Waals surface area contributed by atoms with Crippen molar-refractivity contribution in [3.05, 3.63) is 59.7 Å². The van der Waals surface area contributed by atoms with Crippen LogP contribution in [0.25, 0.3) is 0 Å². The number of carbonyl (C=O) groups excluding carboxylic acids is 1. The maximum absolute atomic E-state index is 12.1. The number of rotatable bonds is 7. The fourth-order valence-electron chi connectivity index (χ4n) is 2.47. The smallest absolute Gasteiger partial charge is 0.343 e. The van der Waals surface area contributed by atoms with Gasteiger partial charge < -0.3 is 14.6 Å². The average molecular weight is 314 g/mol. The molecule has 0 radical (unpaired) electrons. The van der Waals surface area contributed by atoms with Crippen molar-refractivity contribution >= 4 is 5.97 Å². The van der Waals surface area contributed by atoms with E-state index >= 15 is 0 Å². The van der Waals surface area contributed by atoms with E-state index in [1.165, 1.54) is 7.11 Å². The summed E-state index contributed by atoms with van der Waals surface area (Å²) in [5.41, 5.74) is 1.46. The largest absolute Gasteiger partial charge is 0.493 e. The molecule has 1 unspecified atom stereocenters. The van der Waals surface area contributed by atoms with Crippen molar-refractivity contribution < 1.29 is 19.4 Å². The monoisotopic (exact) mass is 314 g/mol. The molecule has 0 aliphatic carbocycles. The summed E-state index contributed by atoms with van der Waals surface area (Å²) in [5, 5.41) is 9.51. The Balaban J connectivity index is 2.21. The Hall–Kier alpha value is -2.33. The molecule has 1 N–H and O–H groups in total. The molecule has 0 saturated carbocycles. The third-order valence-corrected chi connectivity index (χ3v) is 3.73. The van der Waals surface area contributed by atoms with E-state index in [4.69, 9.17) is 9.47 Å². The van der Waals surface area contributed by atoms with Crippen molar-refractivity contribution in [1.82, 2.24) is 0 Å². The van der Waals surface area contributed by atoms with Crippen molar-refractivity contribution in [3.8, 4) is 11.5 Å². The number of carbonyl (C=O) groups is 1. The molecule has 0 bridgehead atoms. The summed E-state index contributed by atoms with van der Waals surface area (Å²) in [7, 11) is 1.53. The summed E-state index contributed by atoms with van der Waals surface area (Å²) in [5.74, 6) is 0.497. The number of aliphatic hydroxyl groups excluding tert-OH is 1. The van der Waals surface area contributed by atoms with Gasteiger partial charge in [0, 0.05) is 12.5 Å². The van der Waals surface area contributed by atoms with Crippen LogP contribution in [-0.2, 0) is 0 Å². The molecular formula is C19H22O4. The first-order chi connectivity index (χ1) is 11.2. The molecule has 1 atom stereocenters. The molecule has 0 aliphatic rings. The molecule has 0 heterocycles. The van der Waals surface area contributed by atoms with Crippen molar-refractivity contribution in [2.24, 2.45) is 0 Å². The second-order valence-corrected chi connectivity index (χ2v) is 5.33. The minimum Gasteiger partial charge on any atom is -0.493 e. The van der Waals surface area contributed by atoms with Gasteiger partial charge in [-0.2, -0.15) is 0 Å². The van der Waals surface area contributed by atoms with Crippen LogP contribution < -0.4 is 9.47 Å². The molecule has 0 spiro atoms. The Labute approximate surface area is 136 Å². The molecule has 0 amide bonds. The highest BCUT2D eigenvalue weighted by Crippen LogP contribution is 2.32. The van der Waals surface area contributed by atoms with Crippen molar-refractivity contribution in [3.63, 3.8) is 0 Å². The average Bonchev–Trinajstić information content (AvgIpc) is 2.60. The molecule has 0 saturated heterocycles. The molecule has 2 aromatic carbocycles. The molecule has 0 aromatic heterocycles.